The Morgan fingerprint density at radius 2 is 1.90 bits per heavy atom. The molecule has 0 amide bonds. The summed E-state index contributed by atoms with van der Waals surface area (Å²) >= 11 is 0. The SMILES string of the molecule is CC(C)(CNC[C@@H](O)c1ccccc1)N1CCOCC1. The van der Waals surface area contributed by atoms with Crippen LogP contribution in [-0.4, -0.2) is 54.9 Å². The molecule has 1 aliphatic rings. The molecule has 1 aliphatic heterocycles. The lowest BCUT2D eigenvalue weighted by molar-refractivity contribution is -0.0103. The van der Waals surface area contributed by atoms with Crippen molar-refractivity contribution in [3.63, 3.8) is 0 Å². The van der Waals surface area contributed by atoms with Crippen LogP contribution in [0.1, 0.15) is 25.5 Å². The van der Waals surface area contributed by atoms with Crippen LogP contribution in [0.2, 0.25) is 0 Å². The third-order valence-corrected chi connectivity index (χ3v) is 3.95. The Bertz CT molecular complexity index is 389. The Morgan fingerprint density at radius 3 is 2.55 bits per heavy atom. The maximum Gasteiger partial charge on any atom is 0.0914 e. The molecule has 0 saturated carbocycles. The van der Waals surface area contributed by atoms with E-state index in [0.717, 1.165) is 38.4 Å². The van der Waals surface area contributed by atoms with Crippen molar-refractivity contribution in [2.75, 3.05) is 39.4 Å². The van der Waals surface area contributed by atoms with Crippen molar-refractivity contribution in [2.45, 2.75) is 25.5 Å². The van der Waals surface area contributed by atoms with Gasteiger partial charge < -0.3 is 15.2 Å². The number of aliphatic hydroxyl groups excluding tert-OH is 1. The van der Waals surface area contributed by atoms with Crippen LogP contribution in [0.5, 0.6) is 0 Å². The molecule has 4 nitrogen and oxygen atoms in total. The van der Waals surface area contributed by atoms with Crippen LogP contribution in [0, 0.1) is 0 Å². The average Bonchev–Trinajstić information content (AvgIpc) is 2.49. The molecule has 1 atom stereocenters. The molecule has 1 saturated heterocycles. The summed E-state index contributed by atoms with van der Waals surface area (Å²) < 4.78 is 5.39. The van der Waals surface area contributed by atoms with E-state index >= 15 is 0 Å². The Labute approximate surface area is 121 Å². The van der Waals surface area contributed by atoms with Gasteiger partial charge >= 0.3 is 0 Å². The predicted octanol–water partition coefficient (Wildman–Crippen LogP) is 1.42. The largest absolute Gasteiger partial charge is 0.387 e. The molecule has 1 aromatic rings. The summed E-state index contributed by atoms with van der Waals surface area (Å²) in [5.41, 5.74) is 1.05. The minimum Gasteiger partial charge on any atom is -0.387 e. The first-order valence-electron chi connectivity index (χ1n) is 7.36. The first-order chi connectivity index (χ1) is 9.59. The van der Waals surface area contributed by atoms with Crippen LogP contribution in [-0.2, 0) is 4.74 Å². The lowest BCUT2D eigenvalue weighted by Gasteiger charge is -2.41. The predicted molar refractivity (Wildman–Crippen MR) is 80.7 cm³/mol. The van der Waals surface area contributed by atoms with E-state index in [1.165, 1.54) is 0 Å². The maximum absolute atomic E-state index is 10.1. The molecule has 1 aromatic carbocycles. The van der Waals surface area contributed by atoms with Crippen LogP contribution < -0.4 is 5.32 Å². The van der Waals surface area contributed by atoms with Gasteiger partial charge in [0.15, 0.2) is 0 Å². The van der Waals surface area contributed by atoms with Gasteiger partial charge in [-0.2, -0.15) is 0 Å². The van der Waals surface area contributed by atoms with Gasteiger partial charge in [-0.15, -0.1) is 0 Å². The number of hydrogen-bond acceptors (Lipinski definition) is 4. The van der Waals surface area contributed by atoms with E-state index in [1.54, 1.807) is 0 Å². The van der Waals surface area contributed by atoms with E-state index in [1.807, 2.05) is 30.3 Å². The van der Waals surface area contributed by atoms with Gasteiger partial charge in [0, 0.05) is 31.7 Å². The van der Waals surface area contributed by atoms with Gasteiger partial charge in [-0.3, -0.25) is 4.90 Å². The quantitative estimate of drug-likeness (QED) is 0.826. The van der Waals surface area contributed by atoms with Crippen molar-refractivity contribution in [3.05, 3.63) is 35.9 Å². The third-order valence-electron chi connectivity index (χ3n) is 3.95. The number of ether oxygens (including phenoxy) is 1. The monoisotopic (exact) mass is 278 g/mol. The summed E-state index contributed by atoms with van der Waals surface area (Å²) in [6.45, 7) is 9.51. The summed E-state index contributed by atoms with van der Waals surface area (Å²) in [6.07, 6.45) is -0.448. The summed E-state index contributed by atoms with van der Waals surface area (Å²) in [7, 11) is 0. The number of benzene rings is 1. The van der Waals surface area contributed by atoms with Gasteiger partial charge in [0.2, 0.25) is 0 Å². The molecule has 2 N–H and O–H groups in total. The second-order valence-electron chi connectivity index (χ2n) is 5.97. The average molecular weight is 278 g/mol. The molecule has 0 spiro atoms. The molecule has 20 heavy (non-hydrogen) atoms. The van der Waals surface area contributed by atoms with Crippen LogP contribution in [0.25, 0.3) is 0 Å². The summed E-state index contributed by atoms with van der Waals surface area (Å²) in [5.74, 6) is 0. The van der Waals surface area contributed by atoms with Crippen molar-refractivity contribution >= 4 is 0 Å². The molecule has 0 aromatic heterocycles. The van der Waals surface area contributed by atoms with E-state index in [4.69, 9.17) is 4.74 Å². The molecular weight excluding hydrogens is 252 g/mol. The fourth-order valence-electron chi connectivity index (χ4n) is 2.59. The second-order valence-corrected chi connectivity index (χ2v) is 5.97. The van der Waals surface area contributed by atoms with Gasteiger partial charge in [0.1, 0.15) is 0 Å². The Kier molecular flexibility index (Phi) is 5.54. The standard InChI is InChI=1S/C16H26N2O2/c1-16(2,18-8-10-20-11-9-18)13-17-12-15(19)14-6-4-3-5-7-14/h3-7,15,17,19H,8-13H2,1-2H3/t15-/m1/s1. The van der Waals surface area contributed by atoms with Crippen molar-refractivity contribution in [3.8, 4) is 0 Å². The first-order valence-corrected chi connectivity index (χ1v) is 7.36. The molecule has 112 valence electrons. The highest BCUT2D eigenvalue weighted by Gasteiger charge is 2.27. The molecule has 2 rings (SSSR count). The number of nitrogens with one attached hydrogen (secondary N) is 1. The molecule has 1 heterocycles. The highest BCUT2D eigenvalue weighted by atomic mass is 16.5. The van der Waals surface area contributed by atoms with Crippen LogP contribution in [0.3, 0.4) is 0 Å². The first kappa shape index (κ1) is 15.4. The van der Waals surface area contributed by atoms with Crippen molar-refractivity contribution < 1.29 is 9.84 Å². The van der Waals surface area contributed by atoms with E-state index in [0.29, 0.717) is 6.54 Å². The number of morpholine rings is 1. The summed E-state index contributed by atoms with van der Waals surface area (Å²) in [6, 6.07) is 9.79. The zero-order valence-electron chi connectivity index (χ0n) is 12.5. The highest BCUT2D eigenvalue weighted by molar-refractivity contribution is 5.17. The number of hydrogen-bond donors (Lipinski definition) is 2. The highest BCUT2D eigenvalue weighted by Crippen LogP contribution is 2.16. The molecule has 0 aliphatic carbocycles. The van der Waals surface area contributed by atoms with E-state index in [2.05, 4.69) is 24.1 Å². The van der Waals surface area contributed by atoms with Gasteiger partial charge in [-0.1, -0.05) is 30.3 Å². The van der Waals surface area contributed by atoms with Crippen LogP contribution in [0.15, 0.2) is 30.3 Å². The van der Waals surface area contributed by atoms with Crippen LogP contribution >= 0.6 is 0 Å². The van der Waals surface area contributed by atoms with E-state index in [-0.39, 0.29) is 5.54 Å². The minimum atomic E-state index is -0.448. The third kappa shape index (κ3) is 4.28. The number of rotatable bonds is 6. The van der Waals surface area contributed by atoms with Gasteiger partial charge in [0.25, 0.3) is 0 Å². The smallest absolute Gasteiger partial charge is 0.0914 e. The zero-order chi connectivity index (χ0) is 14.4. The normalized spacial score (nSPS) is 18.9. The molecule has 0 radical (unpaired) electrons. The molecule has 0 unspecified atom stereocenters. The van der Waals surface area contributed by atoms with Crippen molar-refractivity contribution in [1.29, 1.82) is 0 Å². The summed E-state index contributed by atoms with van der Waals surface area (Å²) in [5, 5.41) is 13.5. The molecule has 1 fully saturated rings. The number of aliphatic hydroxyl groups is 1. The topological polar surface area (TPSA) is 44.7 Å². The fourth-order valence-corrected chi connectivity index (χ4v) is 2.59. The van der Waals surface area contributed by atoms with Gasteiger partial charge in [-0.05, 0) is 19.4 Å². The summed E-state index contributed by atoms with van der Waals surface area (Å²) in [4.78, 5) is 2.44. The number of nitrogens with zero attached hydrogens (tertiary/aromatic N) is 1. The van der Waals surface area contributed by atoms with Crippen LogP contribution in [0.4, 0.5) is 0 Å². The van der Waals surface area contributed by atoms with E-state index in [9.17, 15) is 5.11 Å². The van der Waals surface area contributed by atoms with Gasteiger partial charge in [-0.25, -0.2) is 0 Å². The van der Waals surface area contributed by atoms with Crippen molar-refractivity contribution in [1.82, 2.24) is 10.2 Å². The van der Waals surface area contributed by atoms with Crippen molar-refractivity contribution in [2.24, 2.45) is 0 Å². The minimum absolute atomic E-state index is 0.0835. The lowest BCUT2D eigenvalue weighted by atomic mass is 10.0. The Balaban J connectivity index is 1.77. The lowest BCUT2D eigenvalue weighted by Crippen LogP contribution is -2.55. The second kappa shape index (κ2) is 7.18. The van der Waals surface area contributed by atoms with Gasteiger partial charge in [0.05, 0.1) is 19.3 Å². The molecule has 4 heteroatoms. The zero-order valence-corrected chi connectivity index (χ0v) is 12.5. The molecular formula is C16H26N2O2. The fraction of sp³-hybridized carbons (Fsp3) is 0.625. The Morgan fingerprint density at radius 1 is 1.25 bits per heavy atom. The van der Waals surface area contributed by atoms with E-state index < -0.39 is 6.10 Å². The Hall–Kier alpha value is -0.940. The molecule has 0 bridgehead atoms. The maximum atomic E-state index is 10.1.